The molecule has 2 aromatic rings. The molecule has 2 aromatic carbocycles. The van der Waals surface area contributed by atoms with Crippen LogP contribution in [0.2, 0.25) is 5.02 Å². The first-order chi connectivity index (χ1) is 15.6. The van der Waals surface area contributed by atoms with Crippen LogP contribution >= 0.6 is 27.5 Å². The van der Waals surface area contributed by atoms with Gasteiger partial charge in [-0.05, 0) is 76.1 Å². The number of aryl methyl sites for hydroxylation is 1. The molecule has 0 fully saturated rings. The lowest BCUT2D eigenvalue weighted by atomic mass is 10.1. The minimum absolute atomic E-state index is 0.0924. The van der Waals surface area contributed by atoms with Crippen molar-refractivity contribution in [3.05, 3.63) is 63.1 Å². The summed E-state index contributed by atoms with van der Waals surface area (Å²) in [7, 11) is -3.78. The van der Waals surface area contributed by atoms with Crippen molar-refractivity contribution >= 4 is 55.1 Å². The Kier molecular flexibility index (Phi) is 9.18. The number of halogens is 2. The topological polar surface area (TPSA) is 86.8 Å². The molecule has 0 aliphatic rings. The molecule has 0 radical (unpaired) electrons. The fraction of sp³-hybridized carbons (Fsp3) is 0.417. The van der Waals surface area contributed by atoms with Crippen molar-refractivity contribution in [2.75, 3.05) is 17.1 Å². The van der Waals surface area contributed by atoms with Crippen molar-refractivity contribution in [3.63, 3.8) is 0 Å². The van der Waals surface area contributed by atoms with Gasteiger partial charge in [-0.15, -0.1) is 0 Å². The second-order valence-electron chi connectivity index (χ2n) is 9.27. The molecule has 0 saturated carbocycles. The molecule has 0 bridgehead atoms. The van der Waals surface area contributed by atoms with Gasteiger partial charge in [-0.3, -0.25) is 13.9 Å². The molecule has 34 heavy (non-hydrogen) atoms. The molecule has 2 amide bonds. The van der Waals surface area contributed by atoms with Crippen LogP contribution in [-0.2, 0) is 26.2 Å². The highest BCUT2D eigenvalue weighted by Crippen LogP contribution is 2.25. The van der Waals surface area contributed by atoms with Gasteiger partial charge in [0.05, 0.1) is 11.9 Å². The number of carbonyl (C=O) groups is 2. The van der Waals surface area contributed by atoms with Gasteiger partial charge in [-0.1, -0.05) is 39.7 Å². The van der Waals surface area contributed by atoms with Gasteiger partial charge in [-0.25, -0.2) is 8.42 Å². The Morgan fingerprint density at radius 2 is 1.79 bits per heavy atom. The third-order valence-electron chi connectivity index (χ3n) is 5.02. The number of sulfonamides is 1. The first kappa shape index (κ1) is 28.1. The summed E-state index contributed by atoms with van der Waals surface area (Å²) in [5.74, 6) is -0.851. The molecule has 0 spiro atoms. The monoisotopic (exact) mass is 571 g/mol. The molecule has 2 rings (SSSR count). The van der Waals surface area contributed by atoms with Crippen LogP contribution in [-0.4, -0.2) is 49.5 Å². The number of hydrogen-bond donors (Lipinski definition) is 1. The SMILES string of the molecule is Cc1cc(N(CC(=O)N(Cc2cccc(Cl)c2)C(C)C(=O)NC(C)(C)C)S(C)(=O)=O)ccc1Br. The van der Waals surface area contributed by atoms with Crippen LogP contribution in [0.15, 0.2) is 46.9 Å². The number of benzene rings is 2. The third kappa shape index (κ3) is 7.99. The summed E-state index contributed by atoms with van der Waals surface area (Å²) < 4.78 is 27.1. The summed E-state index contributed by atoms with van der Waals surface area (Å²) in [5, 5.41) is 3.38. The van der Waals surface area contributed by atoms with E-state index in [1.165, 1.54) is 4.90 Å². The first-order valence-corrected chi connectivity index (χ1v) is 13.7. The molecule has 0 aliphatic heterocycles. The van der Waals surface area contributed by atoms with E-state index in [2.05, 4.69) is 21.2 Å². The summed E-state index contributed by atoms with van der Waals surface area (Å²) in [5.41, 5.74) is 1.42. The van der Waals surface area contributed by atoms with Crippen LogP contribution in [0.3, 0.4) is 0 Å². The molecule has 1 unspecified atom stereocenters. The van der Waals surface area contributed by atoms with Gasteiger partial charge in [0.15, 0.2) is 0 Å². The summed E-state index contributed by atoms with van der Waals surface area (Å²) in [6.45, 7) is 8.65. The van der Waals surface area contributed by atoms with E-state index in [0.717, 1.165) is 26.2 Å². The Bertz CT molecular complexity index is 1170. The minimum atomic E-state index is -3.78. The van der Waals surface area contributed by atoms with E-state index in [1.54, 1.807) is 49.4 Å². The van der Waals surface area contributed by atoms with Crippen molar-refractivity contribution in [1.82, 2.24) is 10.2 Å². The van der Waals surface area contributed by atoms with Crippen molar-refractivity contribution in [3.8, 4) is 0 Å². The van der Waals surface area contributed by atoms with Crippen LogP contribution in [0.5, 0.6) is 0 Å². The van der Waals surface area contributed by atoms with Crippen molar-refractivity contribution in [2.45, 2.75) is 52.7 Å². The van der Waals surface area contributed by atoms with Gasteiger partial charge in [0, 0.05) is 21.6 Å². The average Bonchev–Trinajstić information content (AvgIpc) is 2.69. The Labute approximate surface area is 215 Å². The molecule has 186 valence electrons. The smallest absolute Gasteiger partial charge is 0.244 e. The fourth-order valence-corrected chi connectivity index (χ4v) is 4.59. The summed E-state index contributed by atoms with van der Waals surface area (Å²) in [4.78, 5) is 27.8. The van der Waals surface area contributed by atoms with Gasteiger partial charge in [0.1, 0.15) is 12.6 Å². The van der Waals surface area contributed by atoms with E-state index >= 15 is 0 Å². The zero-order valence-electron chi connectivity index (χ0n) is 20.2. The number of amides is 2. The molecule has 10 heteroatoms. The number of nitrogens with one attached hydrogen (secondary N) is 1. The zero-order chi connectivity index (χ0) is 25.8. The van der Waals surface area contributed by atoms with Crippen molar-refractivity contribution in [2.24, 2.45) is 0 Å². The predicted molar refractivity (Wildman–Crippen MR) is 140 cm³/mol. The van der Waals surface area contributed by atoms with Gasteiger partial charge < -0.3 is 10.2 Å². The molecule has 1 atom stereocenters. The van der Waals surface area contributed by atoms with Crippen LogP contribution in [0.25, 0.3) is 0 Å². The Morgan fingerprint density at radius 1 is 1.15 bits per heavy atom. The van der Waals surface area contributed by atoms with E-state index in [-0.39, 0.29) is 12.5 Å². The van der Waals surface area contributed by atoms with E-state index < -0.39 is 34.1 Å². The van der Waals surface area contributed by atoms with Crippen LogP contribution in [0.4, 0.5) is 5.69 Å². The largest absolute Gasteiger partial charge is 0.350 e. The highest BCUT2D eigenvalue weighted by atomic mass is 79.9. The summed E-state index contributed by atoms with van der Waals surface area (Å²) >= 11 is 9.52. The highest BCUT2D eigenvalue weighted by molar-refractivity contribution is 9.10. The lowest BCUT2D eigenvalue weighted by molar-refractivity contribution is -0.140. The molecule has 0 heterocycles. The second-order valence-corrected chi connectivity index (χ2v) is 12.5. The maximum atomic E-state index is 13.5. The summed E-state index contributed by atoms with van der Waals surface area (Å²) in [6, 6.07) is 11.2. The van der Waals surface area contributed by atoms with E-state index in [9.17, 15) is 18.0 Å². The molecule has 1 N–H and O–H groups in total. The minimum Gasteiger partial charge on any atom is -0.350 e. The standard InChI is InChI=1S/C24H31BrClN3O4S/c1-16-12-20(10-11-21(16)25)29(34(6,32)33)15-22(30)28(14-18-8-7-9-19(26)13-18)17(2)23(31)27-24(3,4)5/h7-13,17H,14-15H2,1-6H3,(H,27,31). The Hall–Kier alpha value is -2.10. The number of carbonyl (C=O) groups excluding carboxylic acids is 2. The maximum absolute atomic E-state index is 13.5. The number of rotatable bonds is 8. The van der Waals surface area contributed by atoms with E-state index in [4.69, 9.17) is 11.6 Å². The lowest BCUT2D eigenvalue weighted by Gasteiger charge is -2.33. The van der Waals surface area contributed by atoms with E-state index in [1.807, 2.05) is 27.7 Å². The van der Waals surface area contributed by atoms with Gasteiger partial charge in [0.25, 0.3) is 0 Å². The molecule has 0 aliphatic carbocycles. The predicted octanol–water partition coefficient (Wildman–Crippen LogP) is 4.51. The molecular formula is C24H31BrClN3O4S. The highest BCUT2D eigenvalue weighted by Gasteiger charge is 2.31. The van der Waals surface area contributed by atoms with Crippen LogP contribution in [0.1, 0.15) is 38.8 Å². The first-order valence-electron chi connectivity index (χ1n) is 10.7. The fourth-order valence-electron chi connectivity index (χ4n) is 3.29. The number of hydrogen-bond acceptors (Lipinski definition) is 4. The third-order valence-corrected chi connectivity index (χ3v) is 7.28. The van der Waals surface area contributed by atoms with Crippen LogP contribution in [0, 0.1) is 6.92 Å². The van der Waals surface area contributed by atoms with Crippen molar-refractivity contribution < 1.29 is 18.0 Å². The van der Waals surface area contributed by atoms with Crippen LogP contribution < -0.4 is 9.62 Å². The number of nitrogens with zero attached hydrogens (tertiary/aromatic N) is 2. The Balaban J connectivity index is 2.43. The molecule has 0 saturated heterocycles. The van der Waals surface area contributed by atoms with Gasteiger partial charge in [-0.2, -0.15) is 0 Å². The van der Waals surface area contributed by atoms with Gasteiger partial charge >= 0.3 is 0 Å². The number of anilines is 1. The molecular weight excluding hydrogens is 542 g/mol. The quantitative estimate of drug-likeness (QED) is 0.504. The molecule has 0 aromatic heterocycles. The average molecular weight is 573 g/mol. The normalized spacial score (nSPS) is 12.7. The Morgan fingerprint density at radius 3 is 2.32 bits per heavy atom. The van der Waals surface area contributed by atoms with Crippen molar-refractivity contribution in [1.29, 1.82) is 0 Å². The van der Waals surface area contributed by atoms with E-state index in [0.29, 0.717) is 10.7 Å². The molecule has 7 nitrogen and oxygen atoms in total. The maximum Gasteiger partial charge on any atom is 0.244 e. The lowest BCUT2D eigenvalue weighted by Crippen LogP contribution is -2.54. The van der Waals surface area contributed by atoms with Gasteiger partial charge in [0.2, 0.25) is 21.8 Å². The zero-order valence-corrected chi connectivity index (χ0v) is 23.4. The summed E-state index contributed by atoms with van der Waals surface area (Å²) in [6.07, 6.45) is 1.05. The second kappa shape index (κ2) is 11.1.